The topological polar surface area (TPSA) is 63.5 Å². The number of aliphatic hydroxyl groups is 1. The fraction of sp³-hybridized carbons (Fsp3) is 0.421. The first-order valence-corrected chi connectivity index (χ1v) is 8.42. The van der Waals surface area contributed by atoms with Crippen LogP contribution in [0.1, 0.15) is 23.3 Å². The maximum atomic E-state index is 12.4. The third-order valence-electron chi connectivity index (χ3n) is 4.71. The molecular formula is C19H24N2O3. The molecule has 1 aliphatic heterocycles. The first-order chi connectivity index (χ1) is 11.7. The minimum Gasteiger partial charge on any atom is -0.391 e. The molecule has 24 heavy (non-hydrogen) atoms. The van der Waals surface area contributed by atoms with Gasteiger partial charge in [-0.25, -0.2) is 0 Å². The molecule has 0 spiro atoms. The number of amides is 1. The zero-order valence-corrected chi connectivity index (χ0v) is 13.9. The van der Waals surface area contributed by atoms with Gasteiger partial charge in [0.15, 0.2) is 0 Å². The van der Waals surface area contributed by atoms with E-state index in [1.165, 1.54) is 0 Å². The van der Waals surface area contributed by atoms with Crippen LogP contribution in [0, 0.1) is 5.92 Å². The predicted molar refractivity (Wildman–Crippen MR) is 92.7 cm³/mol. The molecule has 1 atom stereocenters. The van der Waals surface area contributed by atoms with E-state index in [4.69, 9.17) is 4.74 Å². The van der Waals surface area contributed by atoms with Gasteiger partial charge in [-0.1, -0.05) is 30.3 Å². The summed E-state index contributed by atoms with van der Waals surface area (Å²) in [5, 5.41) is 13.1. The molecule has 5 heteroatoms. The summed E-state index contributed by atoms with van der Waals surface area (Å²) in [7, 11) is 1.88. The van der Waals surface area contributed by atoms with Gasteiger partial charge in [0.05, 0.1) is 6.10 Å². The number of hydrogen-bond donors (Lipinski definition) is 2. The van der Waals surface area contributed by atoms with Crippen LogP contribution >= 0.6 is 0 Å². The number of nitrogens with one attached hydrogen (secondary N) is 1. The van der Waals surface area contributed by atoms with Crippen molar-refractivity contribution in [2.24, 2.45) is 13.0 Å². The zero-order chi connectivity index (χ0) is 16.9. The second-order valence-corrected chi connectivity index (χ2v) is 6.26. The minimum absolute atomic E-state index is 0.161. The molecule has 2 heterocycles. The molecule has 1 aromatic carbocycles. The summed E-state index contributed by atoms with van der Waals surface area (Å²) in [6, 6.07) is 13.7. The van der Waals surface area contributed by atoms with E-state index in [1.54, 1.807) is 0 Å². The maximum Gasteiger partial charge on any atom is 0.268 e. The lowest BCUT2D eigenvalue weighted by Gasteiger charge is -2.26. The summed E-state index contributed by atoms with van der Waals surface area (Å²) in [5.41, 5.74) is 2.65. The van der Waals surface area contributed by atoms with Gasteiger partial charge in [0.1, 0.15) is 5.69 Å². The number of aliphatic hydroxyl groups excluding tert-OH is 1. The molecule has 128 valence electrons. The third-order valence-corrected chi connectivity index (χ3v) is 4.71. The van der Waals surface area contributed by atoms with E-state index < -0.39 is 6.10 Å². The number of hydrogen-bond acceptors (Lipinski definition) is 3. The Balaban J connectivity index is 1.62. The van der Waals surface area contributed by atoms with Gasteiger partial charge >= 0.3 is 0 Å². The van der Waals surface area contributed by atoms with Crippen LogP contribution in [0.5, 0.6) is 0 Å². The van der Waals surface area contributed by atoms with Crippen LogP contribution < -0.4 is 5.32 Å². The number of rotatable bonds is 5. The largest absolute Gasteiger partial charge is 0.391 e. The molecule has 0 radical (unpaired) electrons. The molecule has 0 saturated carbocycles. The second kappa shape index (κ2) is 7.64. The van der Waals surface area contributed by atoms with Crippen molar-refractivity contribution in [3.8, 4) is 11.3 Å². The third kappa shape index (κ3) is 3.68. The van der Waals surface area contributed by atoms with Crippen LogP contribution in [0.15, 0.2) is 42.5 Å². The smallest absolute Gasteiger partial charge is 0.268 e. The summed E-state index contributed by atoms with van der Waals surface area (Å²) in [6.07, 6.45) is 1.17. The highest BCUT2D eigenvalue weighted by molar-refractivity contribution is 5.93. The highest BCUT2D eigenvalue weighted by atomic mass is 16.5. The molecule has 5 nitrogen and oxygen atoms in total. The number of carbonyl (C=O) groups is 1. The molecule has 0 unspecified atom stereocenters. The Kier molecular flexibility index (Phi) is 5.33. The Labute approximate surface area is 142 Å². The average Bonchev–Trinajstić information content (AvgIpc) is 3.02. The standard InChI is InChI=1S/C19H24N2O3/c1-21-16(14-5-3-2-4-6-14)7-8-17(21)19(23)20-13-18(22)15-9-11-24-12-10-15/h2-8,15,18,22H,9-13H2,1H3,(H,20,23)/t18-/m0/s1. The molecule has 3 rings (SSSR count). The molecule has 0 bridgehead atoms. The van der Waals surface area contributed by atoms with Crippen LogP contribution in [0.3, 0.4) is 0 Å². The van der Waals surface area contributed by atoms with Gasteiger partial charge < -0.3 is 19.7 Å². The number of aromatic nitrogens is 1. The first-order valence-electron chi connectivity index (χ1n) is 8.42. The molecule has 1 aliphatic rings. The Hall–Kier alpha value is -2.11. The first kappa shape index (κ1) is 16.7. The van der Waals surface area contributed by atoms with Crippen molar-refractivity contribution in [3.05, 3.63) is 48.2 Å². The minimum atomic E-state index is -0.522. The SMILES string of the molecule is Cn1c(C(=O)NC[C@H](O)C2CCOCC2)ccc1-c1ccccc1. The van der Waals surface area contributed by atoms with Crippen LogP contribution in [0.2, 0.25) is 0 Å². The van der Waals surface area contributed by atoms with E-state index in [9.17, 15) is 9.90 Å². The summed E-state index contributed by atoms with van der Waals surface area (Å²) in [5.74, 6) is 0.0399. The highest BCUT2D eigenvalue weighted by Crippen LogP contribution is 2.21. The van der Waals surface area contributed by atoms with Crippen LogP contribution in [-0.2, 0) is 11.8 Å². The summed E-state index contributed by atoms with van der Waals surface area (Å²) >= 11 is 0. The molecule has 1 amide bonds. The summed E-state index contributed by atoms with van der Waals surface area (Å²) in [4.78, 5) is 12.4. The molecule has 1 fully saturated rings. The molecule has 1 aromatic heterocycles. The van der Waals surface area contributed by atoms with Crippen molar-refractivity contribution >= 4 is 5.91 Å². The molecule has 1 saturated heterocycles. The van der Waals surface area contributed by atoms with E-state index in [0.717, 1.165) is 24.1 Å². The Morgan fingerprint density at radius 2 is 1.96 bits per heavy atom. The van der Waals surface area contributed by atoms with Crippen molar-refractivity contribution in [3.63, 3.8) is 0 Å². The van der Waals surface area contributed by atoms with E-state index in [-0.39, 0.29) is 18.4 Å². The molecule has 2 N–H and O–H groups in total. The van der Waals surface area contributed by atoms with Gasteiger partial charge in [-0.05, 0) is 36.5 Å². The molecule has 2 aromatic rings. The normalized spacial score (nSPS) is 16.8. The van der Waals surface area contributed by atoms with Crippen molar-refractivity contribution in [1.29, 1.82) is 0 Å². The number of benzene rings is 1. The fourth-order valence-corrected chi connectivity index (χ4v) is 3.19. The summed E-state index contributed by atoms with van der Waals surface area (Å²) < 4.78 is 7.18. The van der Waals surface area contributed by atoms with Crippen LogP contribution in [0.4, 0.5) is 0 Å². The predicted octanol–water partition coefficient (Wildman–Crippen LogP) is 2.21. The molecular weight excluding hydrogens is 304 g/mol. The van der Waals surface area contributed by atoms with Gasteiger partial charge in [0.2, 0.25) is 0 Å². The second-order valence-electron chi connectivity index (χ2n) is 6.26. The monoisotopic (exact) mass is 328 g/mol. The van der Waals surface area contributed by atoms with Crippen molar-refractivity contribution in [2.45, 2.75) is 18.9 Å². The average molecular weight is 328 g/mol. The Morgan fingerprint density at radius 1 is 1.25 bits per heavy atom. The number of ether oxygens (including phenoxy) is 1. The van der Waals surface area contributed by atoms with Gasteiger partial charge in [0.25, 0.3) is 5.91 Å². The highest BCUT2D eigenvalue weighted by Gasteiger charge is 2.23. The van der Waals surface area contributed by atoms with Gasteiger partial charge in [-0.2, -0.15) is 0 Å². The van der Waals surface area contributed by atoms with Crippen molar-refractivity contribution in [2.75, 3.05) is 19.8 Å². The Bertz CT molecular complexity index is 675. The number of nitrogens with zero attached hydrogens (tertiary/aromatic N) is 1. The summed E-state index contributed by atoms with van der Waals surface area (Å²) in [6.45, 7) is 1.65. The van der Waals surface area contributed by atoms with Gasteiger partial charge in [-0.15, -0.1) is 0 Å². The lowest BCUT2D eigenvalue weighted by molar-refractivity contribution is 0.00870. The van der Waals surface area contributed by atoms with E-state index in [0.29, 0.717) is 18.9 Å². The van der Waals surface area contributed by atoms with E-state index >= 15 is 0 Å². The lowest BCUT2D eigenvalue weighted by atomic mass is 9.94. The molecule has 0 aliphatic carbocycles. The van der Waals surface area contributed by atoms with E-state index in [1.807, 2.05) is 54.1 Å². The van der Waals surface area contributed by atoms with E-state index in [2.05, 4.69) is 5.32 Å². The number of carbonyl (C=O) groups excluding carboxylic acids is 1. The fourth-order valence-electron chi connectivity index (χ4n) is 3.19. The van der Waals surface area contributed by atoms with Crippen molar-refractivity contribution < 1.29 is 14.6 Å². The van der Waals surface area contributed by atoms with Crippen LogP contribution in [-0.4, -0.2) is 41.4 Å². The van der Waals surface area contributed by atoms with Crippen LogP contribution in [0.25, 0.3) is 11.3 Å². The zero-order valence-electron chi connectivity index (χ0n) is 13.9. The Morgan fingerprint density at radius 3 is 2.67 bits per heavy atom. The van der Waals surface area contributed by atoms with Gasteiger partial charge in [0, 0.05) is 32.5 Å². The lowest BCUT2D eigenvalue weighted by Crippen LogP contribution is -2.38. The van der Waals surface area contributed by atoms with Gasteiger partial charge in [-0.3, -0.25) is 4.79 Å². The quantitative estimate of drug-likeness (QED) is 0.884. The van der Waals surface area contributed by atoms with Crippen molar-refractivity contribution in [1.82, 2.24) is 9.88 Å². The maximum absolute atomic E-state index is 12.4.